The van der Waals surface area contributed by atoms with Gasteiger partial charge in [0.25, 0.3) is 5.91 Å². The van der Waals surface area contributed by atoms with Crippen molar-refractivity contribution in [1.29, 1.82) is 0 Å². The number of nitrogens with zero attached hydrogens (tertiary/aromatic N) is 1. The van der Waals surface area contributed by atoms with Crippen molar-refractivity contribution in [3.63, 3.8) is 0 Å². The molecule has 2 aromatic rings. The molecule has 3 N–H and O–H groups in total. The summed E-state index contributed by atoms with van der Waals surface area (Å²) in [5, 5.41) is 11.6. The fourth-order valence-corrected chi connectivity index (χ4v) is 3.58. The molecule has 0 atom stereocenters. The van der Waals surface area contributed by atoms with Crippen molar-refractivity contribution in [2.75, 3.05) is 18.1 Å². The van der Waals surface area contributed by atoms with E-state index in [1.54, 1.807) is 31.3 Å². The van der Waals surface area contributed by atoms with Crippen molar-refractivity contribution in [3.8, 4) is 0 Å². The Morgan fingerprint density at radius 2 is 1.93 bits per heavy atom. The van der Waals surface area contributed by atoms with Crippen LogP contribution in [-0.2, 0) is 4.79 Å². The van der Waals surface area contributed by atoms with Crippen molar-refractivity contribution in [3.05, 3.63) is 58.3 Å². The Morgan fingerprint density at radius 3 is 2.64 bits per heavy atom. The highest BCUT2D eigenvalue weighted by Gasteiger charge is 2.33. The third-order valence-electron chi connectivity index (χ3n) is 4.06. The predicted molar refractivity (Wildman–Crippen MR) is 105 cm³/mol. The number of ketones is 2. The van der Waals surface area contributed by atoms with Gasteiger partial charge in [-0.05, 0) is 24.3 Å². The van der Waals surface area contributed by atoms with E-state index >= 15 is 0 Å². The molecule has 0 spiro atoms. The zero-order valence-corrected chi connectivity index (χ0v) is 15.9. The van der Waals surface area contributed by atoms with Gasteiger partial charge in [-0.1, -0.05) is 18.2 Å². The molecule has 1 aromatic heterocycles. The van der Waals surface area contributed by atoms with Gasteiger partial charge in [0.2, 0.25) is 17.5 Å². The zero-order chi connectivity index (χ0) is 20.1. The molecule has 0 bridgehead atoms. The van der Waals surface area contributed by atoms with Crippen LogP contribution in [0.3, 0.4) is 0 Å². The van der Waals surface area contributed by atoms with Gasteiger partial charge in [-0.25, -0.2) is 0 Å². The summed E-state index contributed by atoms with van der Waals surface area (Å²) in [5.74, 6) is -0.994. The van der Waals surface area contributed by atoms with E-state index in [9.17, 15) is 19.2 Å². The highest BCUT2D eigenvalue weighted by molar-refractivity contribution is 8.04. The summed E-state index contributed by atoms with van der Waals surface area (Å²) in [7, 11) is 1.56. The maximum absolute atomic E-state index is 12.8. The number of allylic oxidation sites excluding steroid dienone is 2. The molecule has 0 fully saturated rings. The van der Waals surface area contributed by atoms with E-state index in [0.717, 1.165) is 0 Å². The number of fused-ring (bicyclic) bond motifs is 1. The molecule has 0 saturated heterocycles. The summed E-state index contributed by atoms with van der Waals surface area (Å²) in [6.07, 6.45) is 2.12. The van der Waals surface area contributed by atoms with Crippen LogP contribution < -0.4 is 10.6 Å². The van der Waals surface area contributed by atoms with Gasteiger partial charge in [-0.2, -0.15) is 5.10 Å². The zero-order valence-electron chi connectivity index (χ0n) is 15.1. The standard InChI is InChI=1S/C19H18N4O4S/c1-20-14(25)8-5-9-28-13-10-12(24)16-15(18(13)26)17(23-22-16)19(27)21-11-6-3-2-4-7-11/h2-4,6-7,10H,5,8-9H2,1H3,(H,20,25)(H,21,27)(H,22,23). The largest absolute Gasteiger partial charge is 0.359 e. The molecule has 1 aliphatic rings. The number of H-pyrrole nitrogens is 1. The number of hydrogen-bond donors (Lipinski definition) is 3. The molecule has 0 radical (unpaired) electrons. The number of thioether (sulfide) groups is 1. The average molecular weight is 398 g/mol. The number of carbonyl (C=O) groups excluding carboxylic acids is 4. The minimum atomic E-state index is -0.549. The Bertz CT molecular complexity index is 966. The Kier molecular flexibility index (Phi) is 6.05. The molecule has 1 aliphatic carbocycles. The minimum Gasteiger partial charge on any atom is -0.359 e. The molecule has 1 heterocycles. The number of carbonyl (C=O) groups is 4. The molecule has 0 saturated carbocycles. The number of nitrogens with one attached hydrogen (secondary N) is 3. The van der Waals surface area contributed by atoms with Crippen molar-refractivity contribution >= 4 is 40.8 Å². The van der Waals surface area contributed by atoms with Gasteiger partial charge in [0.1, 0.15) is 11.4 Å². The summed E-state index contributed by atoms with van der Waals surface area (Å²) < 4.78 is 0. The maximum Gasteiger partial charge on any atom is 0.274 e. The monoisotopic (exact) mass is 398 g/mol. The summed E-state index contributed by atoms with van der Waals surface area (Å²) in [5.41, 5.74) is 0.436. The van der Waals surface area contributed by atoms with Crippen LogP contribution in [0, 0.1) is 0 Å². The third kappa shape index (κ3) is 4.20. The first-order valence-electron chi connectivity index (χ1n) is 8.60. The summed E-state index contributed by atoms with van der Waals surface area (Å²) in [6, 6.07) is 8.77. The van der Waals surface area contributed by atoms with E-state index in [1.807, 2.05) is 6.07 Å². The van der Waals surface area contributed by atoms with Gasteiger partial charge in [-0.3, -0.25) is 24.3 Å². The molecule has 9 heteroatoms. The van der Waals surface area contributed by atoms with Crippen LogP contribution >= 0.6 is 11.8 Å². The summed E-state index contributed by atoms with van der Waals surface area (Å²) in [4.78, 5) is 49.2. The Labute approximate surface area is 165 Å². The molecule has 144 valence electrons. The van der Waals surface area contributed by atoms with Crippen LogP contribution in [0.25, 0.3) is 0 Å². The topological polar surface area (TPSA) is 121 Å². The summed E-state index contributed by atoms with van der Waals surface area (Å²) in [6.45, 7) is 0. The molecule has 2 amide bonds. The molecule has 0 unspecified atom stereocenters. The Balaban J connectivity index is 1.74. The molecule has 1 aromatic carbocycles. The SMILES string of the molecule is CNC(=O)CCCSC1=CC(=O)c2n[nH]c(C(=O)Nc3ccccc3)c2C1=O. The van der Waals surface area contributed by atoms with Gasteiger partial charge < -0.3 is 10.6 Å². The van der Waals surface area contributed by atoms with Crippen LogP contribution in [-0.4, -0.2) is 46.4 Å². The first-order chi connectivity index (χ1) is 13.5. The van der Waals surface area contributed by atoms with Crippen LogP contribution in [0.4, 0.5) is 5.69 Å². The van der Waals surface area contributed by atoms with Gasteiger partial charge in [0.15, 0.2) is 0 Å². The highest BCUT2D eigenvalue weighted by Crippen LogP contribution is 2.30. The fourth-order valence-electron chi connectivity index (χ4n) is 2.64. The van der Waals surface area contributed by atoms with Crippen LogP contribution in [0.5, 0.6) is 0 Å². The van der Waals surface area contributed by atoms with Crippen LogP contribution in [0.2, 0.25) is 0 Å². The molecular weight excluding hydrogens is 380 g/mol. The minimum absolute atomic E-state index is 0.0188. The Hall–Kier alpha value is -3.20. The number of amides is 2. The van der Waals surface area contributed by atoms with Gasteiger partial charge in [0.05, 0.1) is 10.5 Å². The number of benzene rings is 1. The molecule has 0 aliphatic heterocycles. The van der Waals surface area contributed by atoms with E-state index in [1.165, 1.54) is 17.8 Å². The van der Waals surface area contributed by atoms with Crippen molar-refractivity contribution in [1.82, 2.24) is 15.5 Å². The molecule has 3 rings (SSSR count). The number of para-hydroxylation sites is 1. The first-order valence-corrected chi connectivity index (χ1v) is 9.58. The van der Waals surface area contributed by atoms with E-state index < -0.39 is 17.5 Å². The molecular formula is C19H18N4O4S. The lowest BCUT2D eigenvalue weighted by Gasteiger charge is -2.12. The number of anilines is 1. The number of aromatic nitrogens is 2. The molecule has 8 nitrogen and oxygen atoms in total. The lowest BCUT2D eigenvalue weighted by atomic mass is 9.99. The quantitative estimate of drug-likeness (QED) is 0.615. The van der Waals surface area contributed by atoms with Crippen molar-refractivity contribution in [2.24, 2.45) is 0 Å². The average Bonchev–Trinajstić information content (AvgIpc) is 3.15. The first kappa shape index (κ1) is 19.6. The second-order valence-corrected chi connectivity index (χ2v) is 7.11. The lowest BCUT2D eigenvalue weighted by molar-refractivity contribution is -0.120. The van der Waals surface area contributed by atoms with E-state index in [-0.39, 0.29) is 27.8 Å². The number of Topliss-reactive ketones (excluding diaryl/α,β-unsaturated/α-hetero) is 1. The number of hydrogen-bond acceptors (Lipinski definition) is 6. The van der Waals surface area contributed by atoms with Crippen molar-refractivity contribution in [2.45, 2.75) is 12.8 Å². The highest BCUT2D eigenvalue weighted by atomic mass is 32.2. The summed E-state index contributed by atoms with van der Waals surface area (Å²) >= 11 is 1.19. The number of aromatic amines is 1. The Morgan fingerprint density at radius 1 is 1.18 bits per heavy atom. The van der Waals surface area contributed by atoms with E-state index in [4.69, 9.17) is 0 Å². The van der Waals surface area contributed by atoms with Crippen molar-refractivity contribution < 1.29 is 19.2 Å². The van der Waals surface area contributed by atoms with Crippen LogP contribution in [0.1, 0.15) is 44.2 Å². The van der Waals surface area contributed by atoms with Gasteiger partial charge in [0, 0.05) is 25.2 Å². The second-order valence-electron chi connectivity index (χ2n) is 5.97. The van der Waals surface area contributed by atoms with Crippen LogP contribution in [0.15, 0.2) is 41.3 Å². The van der Waals surface area contributed by atoms with E-state index in [2.05, 4.69) is 20.8 Å². The maximum atomic E-state index is 12.8. The van der Waals surface area contributed by atoms with Gasteiger partial charge >= 0.3 is 0 Å². The fraction of sp³-hybridized carbons (Fsp3) is 0.211. The van der Waals surface area contributed by atoms with E-state index in [0.29, 0.717) is 24.3 Å². The smallest absolute Gasteiger partial charge is 0.274 e. The second kappa shape index (κ2) is 8.66. The lowest BCUT2D eigenvalue weighted by Crippen LogP contribution is -2.21. The number of rotatable bonds is 7. The predicted octanol–water partition coefficient (Wildman–Crippen LogP) is 2.18. The van der Waals surface area contributed by atoms with Gasteiger partial charge in [-0.15, -0.1) is 11.8 Å². The molecule has 28 heavy (non-hydrogen) atoms. The third-order valence-corrected chi connectivity index (χ3v) is 5.16. The normalized spacial score (nSPS) is 13.0.